The summed E-state index contributed by atoms with van der Waals surface area (Å²) in [6, 6.07) is 9.33. The van der Waals surface area contributed by atoms with Crippen molar-refractivity contribution in [2.75, 3.05) is 6.54 Å². The Bertz CT molecular complexity index is 687. The first kappa shape index (κ1) is 15.6. The second-order valence-corrected chi connectivity index (χ2v) is 6.31. The van der Waals surface area contributed by atoms with Crippen LogP contribution in [0.15, 0.2) is 34.7 Å². The van der Waals surface area contributed by atoms with Crippen LogP contribution in [-0.4, -0.2) is 29.3 Å². The lowest BCUT2D eigenvalue weighted by Gasteiger charge is -2.25. The molecule has 5 heteroatoms. The summed E-state index contributed by atoms with van der Waals surface area (Å²) in [6.45, 7) is 4.74. The van der Waals surface area contributed by atoms with E-state index >= 15 is 0 Å². The summed E-state index contributed by atoms with van der Waals surface area (Å²) in [5.41, 5.74) is 0.814. The zero-order valence-corrected chi connectivity index (χ0v) is 13.5. The lowest BCUT2D eigenvalue weighted by molar-refractivity contribution is -0.140. The van der Waals surface area contributed by atoms with Crippen molar-refractivity contribution in [3.63, 3.8) is 0 Å². The predicted octanol–water partition coefficient (Wildman–Crippen LogP) is 2.70. The molecule has 1 N–H and O–H groups in total. The van der Waals surface area contributed by atoms with Crippen molar-refractivity contribution < 1.29 is 14.0 Å². The van der Waals surface area contributed by atoms with Crippen LogP contribution < -0.4 is 5.32 Å². The van der Waals surface area contributed by atoms with Crippen molar-refractivity contribution in [2.45, 2.75) is 39.3 Å². The lowest BCUT2D eigenvalue weighted by atomic mass is 10.1. The van der Waals surface area contributed by atoms with Gasteiger partial charge in [0.25, 0.3) is 0 Å². The topological polar surface area (TPSA) is 62.6 Å². The number of hydrogen-bond acceptors (Lipinski definition) is 3. The molecule has 1 aromatic heterocycles. The molecule has 2 heterocycles. The van der Waals surface area contributed by atoms with E-state index in [4.69, 9.17) is 4.42 Å². The highest BCUT2D eigenvalue weighted by Gasteiger charge is 2.34. The summed E-state index contributed by atoms with van der Waals surface area (Å²) >= 11 is 0. The zero-order chi connectivity index (χ0) is 16.4. The Morgan fingerprint density at radius 3 is 2.87 bits per heavy atom. The van der Waals surface area contributed by atoms with E-state index in [9.17, 15) is 9.59 Å². The molecule has 0 bridgehead atoms. The summed E-state index contributed by atoms with van der Waals surface area (Å²) in [4.78, 5) is 26.3. The molecule has 2 aromatic rings. The normalized spacial score (nSPS) is 17.9. The van der Waals surface area contributed by atoms with E-state index in [1.54, 1.807) is 4.90 Å². The molecule has 1 saturated heterocycles. The molecule has 23 heavy (non-hydrogen) atoms. The number of para-hydroxylation sites is 1. The van der Waals surface area contributed by atoms with Crippen LogP contribution in [0.3, 0.4) is 0 Å². The first-order valence-electron chi connectivity index (χ1n) is 8.12. The molecule has 122 valence electrons. The van der Waals surface area contributed by atoms with Crippen LogP contribution >= 0.6 is 0 Å². The molecular weight excluding hydrogens is 292 g/mol. The molecule has 2 amide bonds. The van der Waals surface area contributed by atoms with Crippen LogP contribution in [0.4, 0.5) is 0 Å². The molecule has 0 aliphatic carbocycles. The van der Waals surface area contributed by atoms with Gasteiger partial charge in [-0.3, -0.25) is 9.59 Å². The fourth-order valence-corrected chi connectivity index (χ4v) is 3.05. The summed E-state index contributed by atoms with van der Waals surface area (Å²) < 4.78 is 5.70. The van der Waals surface area contributed by atoms with E-state index < -0.39 is 0 Å². The highest BCUT2D eigenvalue weighted by Crippen LogP contribution is 2.21. The minimum Gasteiger partial charge on any atom is -0.459 e. The standard InChI is InChI=1S/C18H22N2O3/c1-12(2)18(22)20-9-5-7-15(20)17(21)19-11-14-10-13-6-3-4-8-16(13)23-14/h3-4,6,8,10,12,15H,5,7,9,11H2,1-2H3,(H,19,21). The Morgan fingerprint density at radius 1 is 1.35 bits per heavy atom. The molecule has 1 aromatic carbocycles. The number of hydrogen-bond donors (Lipinski definition) is 1. The monoisotopic (exact) mass is 314 g/mol. The Hall–Kier alpha value is -2.30. The van der Waals surface area contributed by atoms with Gasteiger partial charge in [-0.1, -0.05) is 32.0 Å². The first-order valence-corrected chi connectivity index (χ1v) is 8.12. The van der Waals surface area contributed by atoms with Gasteiger partial charge in [0.05, 0.1) is 6.54 Å². The Morgan fingerprint density at radius 2 is 2.13 bits per heavy atom. The van der Waals surface area contributed by atoms with Crippen LogP contribution in [0.5, 0.6) is 0 Å². The van der Waals surface area contributed by atoms with Gasteiger partial charge >= 0.3 is 0 Å². The smallest absolute Gasteiger partial charge is 0.243 e. The van der Waals surface area contributed by atoms with Crippen LogP contribution in [0, 0.1) is 5.92 Å². The van der Waals surface area contributed by atoms with Crippen molar-refractivity contribution in [3.05, 3.63) is 36.1 Å². The van der Waals surface area contributed by atoms with Gasteiger partial charge in [-0.15, -0.1) is 0 Å². The summed E-state index contributed by atoms with van der Waals surface area (Å²) in [6.07, 6.45) is 1.60. The van der Waals surface area contributed by atoms with Crippen LogP contribution in [0.1, 0.15) is 32.4 Å². The Labute approximate surface area is 135 Å². The van der Waals surface area contributed by atoms with E-state index in [0.717, 1.165) is 29.6 Å². The maximum Gasteiger partial charge on any atom is 0.243 e. The van der Waals surface area contributed by atoms with E-state index in [0.29, 0.717) is 13.1 Å². The average Bonchev–Trinajstić information content (AvgIpc) is 3.17. The highest BCUT2D eigenvalue weighted by atomic mass is 16.3. The van der Waals surface area contributed by atoms with Crippen molar-refractivity contribution in [1.29, 1.82) is 0 Å². The number of nitrogens with zero attached hydrogens (tertiary/aromatic N) is 1. The number of carbonyl (C=O) groups is 2. The Kier molecular flexibility index (Phi) is 4.37. The molecule has 0 radical (unpaired) electrons. The van der Waals surface area contributed by atoms with Crippen molar-refractivity contribution in [1.82, 2.24) is 10.2 Å². The number of likely N-dealkylation sites (tertiary alicyclic amines) is 1. The Balaban J connectivity index is 1.63. The number of rotatable bonds is 4. The summed E-state index contributed by atoms with van der Waals surface area (Å²) in [5, 5.41) is 3.92. The number of amides is 2. The third-order valence-electron chi connectivity index (χ3n) is 4.25. The molecule has 0 saturated carbocycles. The summed E-state index contributed by atoms with van der Waals surface area (Å²) in [7, 11) is 0. The molecule has 1 aliphatic heterocycles. The SMILES string of the molecule is CC(C)C(=O)N1CCCC1C(=O)NCc1cc2ccccc2o1. The van der Waals surface area contributed by atoms with Crippen LogP contribution in [-0.2, 0) is 16.1 Å². The number of fused-ring (bicyclic) bond motifs is 1. The number of furan rings is 1. The second-order valence-electron chi connectivity index (χ2n) is 6.31. The van der Waals surface area contributed by atoms with Gasteiger partial charge in [-0.05, 0) is 25.0 Å². The minimum atomic E-state index is -0.353. The fraction of sp³-hybridized carbons (Fsp3) is 0.444. The second kappa shape index (κ2) is 6.44. The molecule has 3 rings (SSSR count). The lowest BCUT2D eigenvalue weighted by Crippen LogP contribution is -2.47. The van der Waals surface area contributed by atoms with Gasteiger partial charge in [0, 0.05) is 17.8 Å². The minimum absolute atomic E-state index is 0.0476. The van der Waals surface area contributed by atoms with E-state index in [-0.39, 0.29) is 23.8 Å². The van der Waals surface area contributed by atoms with Gasteiger partial charge in [0.1, 0.15) is 17.4 Å². The summed E-state index contributed by atoms with van der Waals surface area (Å²) in [5.74, 6) is 0.585. The molecule has 1 fully saturated rings. The fourth-order valence-electron chi connectivity index (χ4n) is 3.05. The molecule has 1 unspecified atom stereocenters. The third-order valence-corrected chi connectivity index (χ3v) is 4.25. The third kappa shape index (κ3) is 3.23. The quantitative estimate of drug-likeness (QED) is 0.944. The zero-order valence-electron chi connectivity index (χ0n) is 13.5. The molecular formula is C18H22N2O3. The van der Waals surface area contributed by atoms with Gasteiger partial charge < -0.3 is 14.6 Å². The van der Waals surface area contributed by atoms with Gasteiger partial charge in [-0.2, -0.15) is 0 Å². The van der Waals surface area contributed by atoms with Crippen molar-refractivity contribution in [2.24, 2.45) is 5.92 Å². The number of nitrogens with one attached hydrogen (secondary N) is 1. The van der Waals surface area contributed by atoms with Crippen molar-refractivity contribution >= 4 is 22.8 Å². The first-order chi connectivity index (χ1) is 11.1. The molecule has 5 nitrogen and oxygen atoms in total. The van der Waals surface area contributed by atoms with E-state index in [1.807, 2.05) is 44.2 Å². The van der Waals surface area contributed by atoms with Crippen LogP contribution in [0.25, 0.3) is 11.0 Å². The predicted molar refractivity (Wildman–Crippen MR) is 87.6 cm³/mol. The van der Waals surface area contributed by atoms with Gasteiger partial charge in [0.15, 0.2) is 0 Å². The maximum absolute atomic E-state index is 12.4. The molecule has 1 aliphatic rings. The van der Waals surface area contributed by atoms with Crippen LogP contribution in [0.2, 0.25) is 0 Å². The number of benzene rings is 1. The van der Waals surface area contributed by atoms with E-state index in [2.05, 4.69) is 5.32 Å². The number of carbonyl (C=O) groups excluding carboxylic acids is 2. The van der Waals surface area contributed by atoms with Gasteiger partial charge in [-0.25, -0.2) is 0 Å². The molecule has 0 spiro atoms. The van der Waals surface area contributed by atoms with Gasteiger partial charge in [0.2, 0.25) is 11.8 Å². The van der Waals surface area contributed by atoms with Crippen molar-refractivity contribution in [3.8, 4) is 0 Å². The molecule has 1 atom stereocenters. The highest BCUT2D eigenvalue weighted by molar-refractivity contribution is 5.89. The average molecular weight is 314 g/mol. The largest absolute Gasteiger partial charge is 0.459 e. The maximum atomic E-state index is 12.4. The van der Waals surface area contributed by atoms with E-state index in [1.165, 1.54) is 0 Å².